The van der Waals surface area contributed by atoms with Crippen molar-refractivity contribution < 1.29 is 9.66 Å². The highest BCUT2D eigenvalue weighted by Gasteiger charge is 2.08. The Morgan fingerprint density at radius 3 is 2.44 bits per heavy atom. The van der Waals surface area contributed by atoms with Gasteiger partial charge in [-0.15, -0.1) is 0 Å². The van der Waals surface area contributed by atoms with Gasteiger partial charge >= 0.3 is 0 Å². The molecule has 0 saturated heterocycles. The molecule has 0 fully saturated rings. The number of non-ortho nitro benzene ring substituents is 1. The Morgan fingerprint density at radius 2 is 1.74 bits per heavy atom. The Kier molecular flexibility index (Phi) is 6.16. The summed E-state index contributed by atoms with van der Waals surface area (Å²) < 4.78 is 5.90. The average Bonchev–Trinajstić information content (AvgIpc) is 2.67. The van der Waals surface area contributed by atoms with E-state index in [0.29, 0.717) is 28.9 Å². The van der Waals surface area contributed by atoms with Crippen LogP contribution in [0.15, 0.2) is 66.7 Å². The highest BCUT2D eigenvalue weighted by atomic mass is 35.5. The molecule has 0 unspecified atom stereocenters. The summed E-state index contributed by atoms with van der Waals surface area (Å²) in [5, 5.41) is 15.2. The van der Waals surface area contributed by atoms with Crippen LogP contribution >= 0.6 is 23.2 Å². The third kappa shape index (κ3) is 5.12. The van der Waals surface area contributed by atoms with E-state index in [4.69, 9.17) is 27.9 Å². The fourth-order valence-corrected chi connectivity index (χ4v) is 2.89. The number of nitro groups is 1. The highest BCUT2D eigenvalue weighted by molar-refractivity contribution is 6.33. The van der Waals surface area contributed by atoms with Crippen molar-refractivity contribution in [3.05, 3.63) is 98.0 Å². The van der Waals surface area contributed by atoms with Crippen LogP contribution in [0, 0.1) is 10.1 Å². The first-order valence-corrected chi connectivity index (χ1v) is 8.91. The van der Waals surface area contributed by atoms with Crippen molar-refractivity contribution in [2.24, 2.45) is 0 Å². The zero-order valence-corrected chi connectivity index (χ0v) is 15.7. The molecule has 3 rings (SSSR count). The first-order valence-electron chi connectivity index (χ1n) is 8.16. The number of nitrogens with one attached hydrogen (secondary N) is 1. The smallest absolute Gasteiger partial charge is 0.269 e. The number of benzene rings is 3. The summed E-state index contributed by atoms with van der Waals surface area (Å²) in [5.41, 5.74) is 2.58. The van der Waals surface area contributed by atoms with Crippen LogP contribution < -0.4 is 10.1 Å². The molecule has 138 valence electrons. The third-order valence-electron chi connectivity index (χ3n) is 3.91. The van der Waals surface area contributed by atoms with Crippen LogP contribution in [-0.2, 0) is 13.2 Å². The van der Waals surface area contributed by atoms with Crippen molar-refractivity contribution >= 4 is 34.6 Å². The van der Waals surface area contributed by atoms with E-state index in [0.717, 1.165) is 16.8 Å². The van der Waals surface area contributed by atoms with Crippen LogP contribution in [0.25, 0.3) is 0 Å². The van der Waals surface area contributed by atoms with Crippen molar-refractivity contribution in [3.8, 4) is 5.75 Å². The molecule has 0 amide bonds. The van der Waals surface area contributed by atoms with E-state index in [1.807, 2.05) is 30.3 Å². The number of anilines is 1. The van der Waals surface area contributed by atoms with Crippen molar-refractivity contribution in [2.45, 2.75) is 13.2 Å². The van der Waals surface area contributed by atoms with Gasteiger partial charge in [-0.3, -0.25) is 10.1 Å². The van der Waals surface area contributed by atoms with Gasteiger partial charge in [0, 0.05) is 29.3 Å². The molecule has 0 aliphatic heterocycles. The van der Waals surface area contributed by atoms with Gasteiger partial charge in [-0.1, -0.05) is 35.3 Å². The Labute approximate surface area is 166 Å². The third-order valence-corrected chi connectivity index (χ3v) is 4.47. The lowest BCUT2D eigenvalue weighted by Crippen LogP contribution is -2.04. The maximum atomic E-state index is 10.7. The molecule has 0 aromatic heterocycles. The summed E-state index contributed by atoms with van der Waals surface area (Å²) in [6.45, 7) is 0.776. The molecule has 0 aliphatic carbocycles. The zero-order valence-electron chi connectivity index (χ0n) is 14.2. The molecule has 0 bridgehead atoms. The van der Waals surface area contributed by atoms with Crippen LogP contribution in [0.3, 0.4) is 0 Å². The molecule has 5 nitrogen and oxygen atoms in total. The molecule has 0 saturated carbocycles. The van der Waals surface area contributed by atoms with Crippen molar-refractivity contribution in [2.75, 3.05) is 5.32 Å². The number of hydrogen-bond donors (Lipinski definition) is 1. The molecule has 0 atom stereocenters. The van der Waals surface area contributed by atoms with E-state index in [9.17, 15) is 10.1 Å². The largest absolute Gasteiger partial charge is 0.489 e. The number of nitro benzene ring substituents is 1. The number of nitrogens with zero attached hydrogens (tertiary/aromatic N) is 1. The Balaban J connectivity index is 1.70. The van der Waals surface area contributed by atoms with E-state index >= 15 is 0 Å². The van der Waals surface area contributed by atoms with Crippen molar-refractivity contribution in [1.82, 2.24) is 0 Å². The predicted molar refractivity (Wildman–Crippen MR) is 108 cm³/mol. The molecule has 7 heteroatoms. The van der Waals surface area contributed by atoms with Crippen molar-refractivity contribution in [1.29, 1.82) is 0 Å². The van der Waals surface area contributed by atoms with Crippen LogP contribution in [0.2, 0.25) is 10.0 Å². The monoisotopic (exact) mass is 402 g/mol. The summed E-state index contributed by atoms with van der Waals surface area (Å²) in [6.07, 6.45) is 0. The van der Waals surface area contributed by atoms with Crippen LogP contribution in [0.4, 0.5) is 11.4 Å². The molecule has 3 aromatic carbocycles. The minimum atomic E-state index is -0.428. The molecule has 0 aliphatic rings. The second-order valence-corrected chi connectivity index (χ2v) is 6.64. The number of para-hydroxylation sites is 1. The molecule has 27 heavy (non-hydrogen) atoms. The molecule has 1 N–H and O–H groups in total. The molecule has 3 aromatic rings. The van der Waals surface area contributed by atoms with Crippen molar-refractivity contribution in [3.63, 3.8) is 0 Å². The fraction of sp³-hybridized carbons (Fsp3) is 0.100. The van der Waals surface area contributed by atoms with Gasteiger partial charge in [0.15, 0.2) is 0 Å². The van der Waals surface area contributed by atoms with Gasteiger partial charge in [-0.05, 0) is 48.0 Å². The SMILES string of the molecule is O=[N+]([O-])c1ccc(COc2ccc(Cl)cc2CNc2ccccc2Cl)cc1. The average molecular weight is 403 g/mol. The number of hydrogen-bond acceptors (Lipinski definition) is 4. The van der Waals surface area contributed by atoms with E-state index < -0.39 is 4.92 Å². The quantitative estimate of drug-likeness (QED) is 0.383. The standard InChI is InChI=1S/C20H16Cl2N2O3/c21-16-7-10-20(27-13-14-5-8-17(9-6-14)24(25)26)15(11-16)12-23-19-4-2-1-3-18(19)22/h1-11,23H,12-13H2. The summed E-state index contributed by atoms with van der Waals surface area (Å²) in [7, 11) is 0. The minimum absolute atomic E-state index is 0.0508. The second-order valence-electron chi connectivity index (χ2n) is 5.80. The number of halogens is 2. The number of ether oxygens (including phenoxy) is 1. The molecular weight excluding hydrogens is 387 g/mol. The Bertz CT molecular complexity index is 946. The van der Waals surface area contributed by atoms with E-state index in [2.05, 4.69) is 5.32 Å². The Hall–Kier alpha value is -2.76. The predicted octanol–water partition coefficient (Wildman–Crippen LogP) is 6.09. The van der Waals surface area contributed by atoms with Gasteiger partial charge in [-0.25, -0.2) is 0 Å². The van der Waals surface area contributed by atoms with E-state index in [-0.39, 0.29) is 5.69 Å². The summed E-state index contributed by atoms with van der Waals surface area (Å²) in [4.78, 5) is 10.3. The van der Waals surface area contributed by atoms with E-state index in [1.54, 1.807) is 24.3 Å². The maximum absolute atomic E-state index is 10.7. The normalized spacial score (nSPS) is 10.4. The van der Waals surface area contributed by atoms with E-state index in [1.165, 1.54) is 12.1 Å². The maximum Gasteiger partial charge on any atom is 0.269 e. The first-order chi connectivity index (χ1) is 13.0. The molecule has 0 radical (unpaired) electrons. The first kappa shape index (κ1) is 19.0. The highest BCUT2D eigenvalue weighted by Crippen LogP contribution is 2.27. The van der Waals surface area contributed by atoms with Crippen LogP contribution in [-0.4, -0.2) is 4.92 Å². The van der Waals surface area contributed by atoms with Gasteiger partial charge in [0.05, 0.1) is 15.6 Å². The lowest BCUT2D eigenvalue weighted by Gasteiger charge is -2.14. The lowest BCUT2D eigenvalue weighted by atomic mass is 10.2. The lowest BCUT2D eigenvalue weighted by molar-refractivity contribution is -0.384. The van der Waals surface area contributed by atoms with Gasteiger partial charge < -0.3 is 10.1 Å². The molecule has 0 heterocycles. The fourth-order valence-electron chi connectivity index (χ4n) is 2.50. The van der Waals surface area contributed by atoms with Gasteiger partial charge in [0.25, 0.3) is 5.69 Å². The Morgan fingerprint density at radius 1 is 1.00 bits per heavy atom. The second kappa shape index (κ2) is 8.75. The van der Waals surface area contributed by atoms with Gasteiger partial charge in [-0.2, -0.15) is 0 Å². The summed E-state index contributed by atoms with van der Waals surface area (Å²) in [5.74, 6) is 0.678. The summed E-state index contributed by atoms with van der Waals surface area (Å²) >= 11 is 12.3. The van der Waals surface area contributed by atoms with Crippen LogP contribution in [0.1, 0.15) is 11.1 Å². The zero-order chi connectivity index (χ0) is 19.2. The number of rotatable bonds is 7. The van der Waals surface area contributed by atoms with Gasteiger partial charge in [0.2, 0.25) is 0 Å². The topological polar surface area (TPSA) is 64.4 Å². The minimum Gasteiger partial charge on any atom is -0.489 e. The van der Waals surface area contributed by atoms with Crippen LogP contribution in [0.5, 0.6) is 5.75 Å². The molecule has 0 spiro atoms. The molecular formula is C20H16Cl2N2O3. The van der Waals surface area contributed by atoms with Gasteiger partial charge in [0.1, 0.15) is 12.4 Å². The summed E-state index contributed by atoms with van der Waals surface area (Å²) in [6, 6.07) is 19.1.